The lowest BCUT2D eigenvalue weighted by Crippen LogP contribution is -2.27. The molecule has 0 bridgehead atoms. The van der Waals surface area contributed by atoms with Crippen LogP contribution in [0.1, 0.15) is 76.6 Å². The van der Waals surface area contributed by atoms with E-state index in [1.54, 1.807) is 13.8 Å². The van der Waals surface area contributed by atoms with Crippen molar-refractivity contribution in [1.82, 2.24) is 0 Å². The third-order valence-electron chi connectivity index (χ3n) is 6.93. The molecule has 2 aromatic carbocycles. The summed E-state index contributed by atoms with van der Waals surface area (Å²) in [5, 5.41) is 19.5. The summed E-state index contributed by atoms with van der Waals surface area (Å²) in [7, 11) is 0. The first-order valence-electron chi connectivity index (χ1n) is 11.4. The molecule has 2 aliphatic carbocycles. The predicted molar refractivity (Wildman–Crippen MR) is 123 cm³/mol. The highest BCUT2D eigenvalue weighted by Gasteiger charge is 2.57. The molecule has 0 fully saturated rings. The summed E-state index contributed by atoms with van der Waals surface area (Å²) in [6, 6.07) is 12.8. The average Bonchev–Trinajstić information content (AvgIpc) is 3.05. The van der Waals surface area contributed by atoms with Gasteiger partial charge >= 0.3 is 0 Å². The fraction of sp³-hybridized carbons (Fsp3) is 0.556. The maximum absolute atomic E-state index is 9.84. The van der Waals surface area contributed by atoms with E-state index in [0.29, 0.717) is 0 Å². The second kappa shape index (κ2) is 7.53. The summed E-state index contributed by atoms with van der Waals surface area (Å²) >= 11 is 0. The Balaban J connectivity index is 1.89. The van der Waals surface area contributed by atoms with Gasteiger partial charge in [-0.15, -0.1) is 0 Å². The topological polar surface area (TPSA) is 58.9 Å². The fourth-order valence-corrected chi connectivity index (χ4v) is 6.00. The Morgan fingerprint density at radius 3 is 2.06 bits per heavy atom. The van der Waals surface area contributed by atoms with Gasteiger partial charge in [-0.25, -0.2) is 0 Å². The maximum atomic E-state index is 9.84. The molecule has 0 amide bonds. The van der Waals surface area contributed by atoms with E-state index in [-0.39, 0.29) is 29.5 Å². The molecule has 0 aliphatic heterocycles. The SMILES string of the molecule is CC(O)COc1ccc2c(c1)C1(CC2(C)C)CC(C)(C)c2cccc(OCC(C)O)c21. The zero-order valence-corrected chi connectivity index (χ0v) is 19.7. The van der Waals surface area contributed by atoms with E-state index < -0.39 is 12.2 Å². The first kappa shape index (κ1) is 22.2. The number of hydrogen-bond donors (Lipinski definition) is 2. The Bertz CT molecular complexity index is 969. The van der Waals surface area contributed by atoms with E-state index in [4.69, 9.17) is 9.47 Å². The van der Waals surface area contributed by atoms with E-state index in [9.17, 15) is 10.2 Å². The highest BCUT2D eigenvalue weighted by Crippen LogP contribution is 2.64. The van der Waals surface area contributed by atoms with Crippen molar-refractivity contribution >= 4 is 0 Å². The van der Waals surface area contributed by atoms with Gasteiger partial charge in [0.1, 0.15) is 24.7 Å². The zero-order chi connectivity index (χ0) is 22.6. The lowest BCUT2D eigenvalue weighted by atomic mass is 9.72. The molecule has 4 rings (SSSR count). The summed E-state index contributed by atoms with van der Waals surface area (Å²) in [6.07, 6.45) is 0.973. The minimum absolute atomic E-state index is 0.00764. The molecule has 0 radical (unpaired) electrons. The van der Waals surface area contributed by atoms with Gasteiger partial charge in [0, 0.05) is 11.0 Å². The molecular formula is C27H36O4. The molecule has 168 valence electrons. The van der Waals surface area contributed by atoms with Crippen molar-refractivity contribution in [1.29, 1.82) is 0 Å². The van der Waals surface area contributed by atoms with Crippen LogP contribution in [-0.4, -0.2) is 35.6 Å². The normalized spacial score (nSPS) is 24.5. The molecule has 0 aromatic heterocycles. The second-order valence-corrected chi connectivity index (χ2v) is 10.9. The van der Waals surface area contributed by atoms with Crippen LogP contribution < -0.4 is 9.47 Å². The number of ether oxygens (including phenoxy) is 2. The zero-order valence-electron chi connectivity index (χ0n) is 19.7. The van der Waals surface area contributed by atoms with E-state index in [1.807, 2.05) is 12.1 Å². The number of aliphatic hydroxyl groups excluding tert-OH is 2. The molecule has 4 heteroatoms. The first-order chi connectivity index (χ1) is 14.5. The van der Waals surface area contributed by atoms with E-state index in [2.05, 4.69) is 52.0 Å². The van der Waals surface area contributed by atoms with E-state index in [0.717, 1.165) is 24.3 Å². The lowest BCUT2D eigenvalue weighted by Gasteiger charge is -2.31. The van der Waals surface area contributed by atoms with Gasteiger partial charge in [-0.3, -0.25) is 0 Å². The van der Waals surface area contributed by atoms with Crippen molar-refractivity contribution < 1.29 is 19.7 Å². The standard InChI is InChI=1S/C27H36O4/c1-17(28)13-30-19-10-11-20-22(12-19)27(15-25(20,3)4)16-26(5,6)21-8-7-9-23(24(21)27)31-14-18(2)29/h7-12,17-18,28-29H,13-16H2,1-6H3. The molecule has 2 N–H and O–H groups in total. The number of hydrogen-bond acceptors (Lipinski definition) is 4. The van der Waals surface area contributed by atoms with Gasteiger partial charge in [-0.05, 0) is 72.4 Å². The number of fused-ring (bicyclic) bond motifs is 4. The molecule has 2 aromatic rings. The maximum Gasteiger partial charge on any atom is 0.123 e. The Morgan fingerprint density at radius 1 is 0.806 bits per heavy atom. The highest BCUT2D eigenvalue weighted by atomic mass is 16.5. The Labute approximate surface area is 186 Å². The smallest absolute Gasteiger partial charge is 0.123 e. The molecule has 2 aliphatic rings. The van der Waals surface area contributed by atoms with Gasteiger partial charge < -0.3 is 19.7 Å². The van der Waals surface area contributed by atoms with Crippen molar-refractivity contribution in [3.8, 4) is 11.5 Å². The van der Waals surface area contributed by atoms with Crippen LogP contribution in [0.2, 0.25) is 0 Å². The molecular weight excluding hydrogens is 388 g/mol. The van der Waals surface area contributed by atoms with Crippen LogP contribution in [-0.2, 0) is 16.2 Å². The van der Waals surface area contributed by atoms with Gasteiger partial charge in [0.25, 0.3) is 0 Å². The van der Waals surface area contributed by atoms with Crippen LogP contribution in [0.3, 0.4) is 0 Å². The minimum Gasteiger partial charge on any atom is -0.491 e. The summed E-state index contributed by atoms with van der Waals surface area (Å²) in [5.74, 6) is 1.67. The number of aliphatic hydroxyl groups is 2. The molecule has 1 spiro atoms. The molecule has 0 saturated carbocycles. The van der Waals surface area contributed by atoms with Crippen molar-refractivity contribution in [2.45, 2.75) is 82.8 Å². The van der Waals surface area contributed by atoms with Crippen LogP contribution in [0.25, 0.3) is 0 Å². The van der Waals surface area contributed by atoms with Gasteiger partial charge in [0.15, 0.2) is 0 Å². The van der Waals surface area contributed by atoms with Crippen molar-refractivity contribution in [2.75, 3.05) is 13.2 Å². The Morgan fingerprint density at radius 2 is 1.42 bits per heavy atom. The van der Waals surface area contributed by atoms with E-state index in [1.165, 1.54) is 22.3 Å². The second-order valence-electron chi connectivity index (χ2n) is 10.9. The number of benzene rings is 2. The predicted octanol–water partition coefficient (Wildman–Crippen LogP) is 4.85. The molecule has 31 heavy (non-hydrogen) atoms. The van der Waals surface area contributed by atoms with Gasteiger partial charge in [0.2, 0.25) is 0 Å². The fourth-order valence-electron chi connectivity index (χ4n) is 6.00. The molecule has 0 heterocycles. The quantitative estimate of drug-likeness (QED) is 0.696. The molecule has 4 nitrogen and oxygen atoms in total. The molecule has 3 atom stereocenters. The summed E-state index contributed by atoms with van der Waals surface area (Å²) in [6.45, 7) is 13.3. The van der Waals surface area contributed by atoms with Gasteiger partial charge in [-0.1, -0.05) is 45.9 Å². The van der Waals surface area contributed by atoms with Crippen molar-refractivity contribution in [2.24, 2.45) is 0 Å². The number of rotatable bonds is 6. The molecule has 3 unspecified atom stereocenters. The van der Waals surface area contributed by atoms with Crippen LogP contribution in [0.15, 0.2) is 36.4 Å². The Kier molecular flexibility index (Phi) is 5.38. The van der Waals surface area contributed by atoms with Gasteiger partial charge in [-0.2, -0.15) is 0 Å². The minimum atomic E-state index is -0.519. The summed E-state index contributed by atoms with van der Waals surface area (Å²) in [5.41, 5.74) is 5.11. The third-order valence-corrected chi connectivity index (χ3v) is 6.93. The van der Waals surface area contributed by atoms with Gasteiger partial charge in [0.05, 0.1) is 12.2 Å². The average molecular weight is 425 g/mol. The van der Waals surface area contributed by atoms with E-state index >= 15 is 0 Å². The monoisotopic (exact) mass is 424 g/mol. The molecule has 0 saturated heterocycles. The van der Waals surface area contributed by atoms with Crippen LogP contribution in [0.5, 0.6) is 11.5 Å². The van der Waals surface area contributed by atoms with Crippen LogP contribution in [0.4, 0.5) is 0 Å². The summed E-state index contributed by atoms with van der Waals surface area (Å²) < 4.78 is 12.1. The third kappa shape index (κ3) is 3.74. The Hall–Kier alpha value is -2.04. The van der Waals surface area contributed by atoms with Crippen molar-refractivity contribution in [3.05, 3.63) is 58.7 Å². The van der Waals surface area contributed by atoms with Crippen LogP contribution in [0, 0.1) is 0 Å². The van der Waals surface area contributed by atoms with Crippen molar-refractivity contribution in [3.63, 3.8) is 0 Å². The first-order valence-corrected chi connectivity index (χ1v) is 11.4. The lowest BCUT2D eigenvalue weighted by molar-refractivity contribution is 0.121. The highest BCUT2D eigenvalue weighted by molar-refractivity contribution is 5.64. The summed E-state index contributed by atoms with van der Waals surface area (Å²) in [4.78, 5) is 0. The largest absolute Gasteiger partial charge is 0.491 e. The van der Waals surface area contributed by atoms with Crippen LogP contribution >= 0.6 is 0 Å².